The summed E-state index contributed by atoms with van der Waals surface area (Å²) in [7, 11) is 0. The summed E-state index contributed by atoms with van der Waals surface area (Å²) < 4.78 is 0. The number of carbonyl (C=O) groups excluding carboxylic acids is 3. The standard InChI is InChI=1S/C31H35N3O7/c32-30(40)26-23(36)14-18-12-17-13-20-21(33-19-8-10-34(11-9-19)15-16-4-2-1-3-5-16)6-7-22(35)25(20)27(37)24(17)28(38)31(18,41)29(26)39/h1-7,17-19,23,26,33,35-37,41H,8-15H2,(H2,32,40)/t17-,18+,23?,26?,31+/m1/s1. The van der Waals surface area contributed by atoms with Gasteiger partial charge in [-0.05, 0) is 61.3 Å². The Kier molecular flexibility index (Phi) is 6.88. The van der Waals surface area contributed by atoms with Crippen molar-refractivity contribution in [2.45, 2.75) is 56.4 Å². The van der Waals surface area contributed by atoms with E-state index < -0.39 is 52.7 Å². The fourth-order valence-corrected chi connectivity index (χ4v) is 7.36. The van der Waals surface area contributed by atoms with E-state index in [0.29, 0.717) is 12.0 Å². The summed E-state index contributed by atoms with van der Waals surface area (Å²) in [5.74, 6) is -7.11. The van der Waals surface area contributed by atoms with E-state index in [1.807, 2.05) is 18.2 Å². The second-order valence-electron chi connectivity index (χ2n) is 11.9. The van der Waals surface area contributed by atoms with E-state index in [-0.39, 0.29) is 35.8 Å². The molecule has 216 valence electrons. The number of aromatic hydroxyl groups is 1. The van der Waals surface area contributed by atoms with Gasteiger partial charge >= 0.3 is 0 Å². The molecule has 10 nitrogen and oxygen atoms in total. The third-order valence-electron chi connectivity index (χ3n) is 9.46. The molecule has 0 bridgehead atoms. The van der Waals surface area contributed by atoms with Crippen LogP contribution in [0, 0.1) is 17.8 Å². The zero-order valence-electron chi connectivity index (χ0n) is 22.6. The zero-order chi connectivity index (χ0) is 29.1. The molecule has 1 saturated heterocycles. The van der Waals surface area contributed by atoms with E-state index in [9.17, 15) is 34.8 Å². The Labute approximate surface area is 237 Å². The van der Waals surface area contributed by atoms with Crippen molar-refractivity contribution in [3.63, 3.8) is 0 Å². The third kappa shape index (κ3) is 4.50. The second-order valence-corrected chi connectivity index (χ2v) is 11.9. The fourth-order valence-electron chi connectivity index (χ4n) is 7.36. The van der Waals surface area contributed by atoms with Gasteiger partial charge in [-0.3, -0.25) is 19.3 Å². The van der Waals surface area contributed by atoms with Crippen LogP contribution in [0.3, 0.4) is 0 Å². The van der Waals surface area contributed by atoms with E-state index in [1.54, 1.807) is 6.07 Å². The number of likely N-dealkylation sites (tertiary alicyclic amines) is 1. The Morgan fingerprint density at radius 2 is 1.76 bits per heavy atom. The molecule has 1 amide bonds. The number of aliphatic hydroxyl groups excluding tert-OH is 2. The van der Waals surface area contributed by atoms with Crippen LogP contribution in [0.15, 0.2) is 48.0 Å². The number of phenols is 1. The van der Waals surface area contributed by atoms with E-state index in [4.69, 9.17) is 5.73 Å². The number of Topliss-reactive ketones (excluding diaryl/α,β-unsaturated/α-hetero) is 2. The molecule has 0 radical (unpaired) electrons. The number of primary amides is 1. The molecule has 1 heterocycles. The number of hydrogen-bond acceptors (Lipinski definition) is 9. The molecule has 0 spiro atoms. The molecule has 1 aliphatic heterocycles. The molecule has 3 fully saturated rings. The largest absolute Gasteiger partial charge is 0.507 e. The van der Waals surface area contributed by atoms with Crippen LogP contribution >= 0.6 is 0 Å². The van der Waals surface area contributed by atoms with Gasteiger partial charge in [0.1, 0.15) is 17.4 Å². The summed E-state index contributed by atoms with van der Waals surface area (Å²) in [5.41, 5.74) is 5.40. The van der Waals surface area contributed by atoms with Crippen LogP contribution in [0.1, 0.15) is 42.4 Å². The normalized spacial score (nSPS) is 30.4. The summed E-state index contributed by atoms with van der Waals surface area (Å²) in [6, 6.07) is 13.7. The van der Waals surface area contributed by atoms with E-state index in [2.05, 4.69) is 22.3 Å². The number of piperidine rings is 1. The predicted octanol–water partition coefficient (Wildman–Crippen LogP) is 1.67. The van der Waals surface area contributed by atoms with Crippen LogP contribution in [0.2, 0.25) is 0 Å². The summed E-state index contributed by atoms with van der Waals surface area (Å²) in [6.45, 7) is 2.73. The molecular weight excluding hydrogens is 526 g/mol. The van der Waals surface area contributed by atoms with Gasteiger partial charge in [0.05, 0.1) is 11.7 Å². The number of benzene rings is 2. The molecule has 6 rings (SSSR count). The van der Waals surface area contributed by atoms with Gasteiger partial charge in [0.2, 0.25) is 11.7 Å². The maximum Gasteiger partial charge on any atom is 0.230 e. The van der Waals surface area contributed by atoms with E-state index in [1.165, 1.54) is 11.6 Å². The van der Waals surface area contributed by atoms with Crippen molar-refractivity contribution in [2.75, 3.05) is 18.4 Å². The number of nitrogens with zero attached hydrogens (tertiary/aromatic N) is 1. The minimum atomic E-state index is -2.57. The number of fused-ring (bicyclic) bond motifs is 3. The Hall–Kier alpha value is -3.73. The number of aliphatic hydroxyl groups is 3. The molecule has 7 N–H and O–H groups in total. The molecule has 4 aliphatic rings. The number of amides is 1. The quantitative estimate of drug-likeness (QED) is 0.234. The number of hydrogen-bond donors (Lipinski definition) is 6. The smallest absolute Gasteiger partial charge is 0.230 e. The first-order valence-electron chi connectivity index (χ1n) is 14.2. The van der Waals surface area contributed by atoms with Gasteiger partial charge in [0, 0.05) is 42.9 Å². The number of carbonyl (C=O) groups is 3. The first kappa shape index (κ1) is 27.4. The molecule has 41 heavy (non-hydrogen) atoms. The topological polar surface area (TPSA) is 173 Å². The molecular formula is C31H35N3O7. The van der Waals surface area contributed by atoms with Gasteiger partial charge < -0.3 is 31.5 Å². The minimum absolute atomic E-state index is 0.105. The van der Waals surface area contributed by atoms with Crippen molar-refractivity contribution in [1.82, 2.24) is 4.90 Å². The number of nitrogens with two attached hydrogens (primary N) is 1. The lowest BCUT2D eigenvalue weighted by atomic mass is 9.56. The predicted molar refractivity (Wildman–Crippen MR) is 150 cm³/mol. The van der Waals surface area contributed by atoms with Gasteiger partial charge in [-0.15, -0.1) is 0 Å². The van der Waals surface area contributed by atoms with Gasteiger partial charge in [-0.25, -0.2) is 0 Å². The second kappa shape index (κ2) is 10.3. The van der Waals surface area contributed by atoms with Crippen LogP contribution in [-0.2, 0) is 27.3 Å². The molecule has 3 aliphatic carbocycles. The lowest BCUT2D eigenvalue weighted by molar-refractivity contribution is -0.174. The zero-order valence-corrected chi connectivity index (χ0v) is 22.6. The van der Waals surface area contributed by atoms with Crippen LogP contribution in [0.4, 0.5) is 5.69 Å². The van der Waals surface area contributed by atoms with Crippen molar-refractivity contribution in [3.05, 3.63) is 64.7 Å². The number of rotatable bonds is 5. The summed E-state index contributed by atoms with van der Waals surface area (Å²) in [5, 5.41) is 47.5. The fraction of sp³-hybridized carbons (Fsp3) is 0.452. The highest BCUT2D eigenvalue weighted by atomic mass is 16.3. The summed E-state index contributed by atoms with van der Waals surface area (Å²) in [4.78, 5) is 41.1. The maximum atomic E-state index is 13.7. The number of ketones is 2. The summed E-state index contributed by atoms with van der Waals surface area (Å²) in [6.07, 6.45) is 0.706. The number of phenolic OH excluding ortho intramolecular Hbond substituents is 1. The Morgan fingerprint density at radius 3 is 2.44 bits per heavy atom. The highest BCUT2D eigenvalue weighted by Crippen LogP contribution is 2.52. The minimum Gasteiger partial charge on any atom is -0.507 e. The lowest BCUT2D eigenvalue weighted by Crippen LogP contribution is -2.66. The molecule has 2 aromatic rings. The van der Waals surface area contributed by atoms with Gasteiger partial charge in [-0.1, -0.05) is 30.3 Å². The van der Waals surface area contributed by atoms with Gasteiger partial charge in [0.15, 0.2) is 11.4 Å². The first-order chi connectivity index (χ1) is 19.6. The molecule has 2 saturated carbocycles. The first-order valence-corrected chi connectivity index (χ1v) is 14.2. The Bertz CT molecular complexity index is 1430. The molecule has 0 aromatic heterocycles. The molecule has 2 aromatic carbocycles. The maximum absolute atomic E-state index is 13.7. The van der Waals surface area contributed by atoms with Crippen molar-refractivity contribution in [1.29, 1.82) is 0 Å². The van der Waals surface area contributed by atoms with Crippen molar-refractivity contribution >= 4 is 28.9 Å². The molecule has 5 atom stereocenters. The Balaban J connectivity index is 1.25. The van der Waals surface area contributed by atoms with Crippen molar-refractivity contribution in [3.8, 4) is 5.75 Å². The van der Waals surface area contributed by atoms with Crippen molar-refractivity contribution < 1.29 is 34.8 Å². The van der Waals surface area contributed by atoms with E-state index >= 15 is 0 Å². The lowest BCUT2D eigenvalue weighted by Gasteiger charge is -2.48. The number of nitrogens with one attached hydrogen (secondary N) is 1. The average molecular weight is 562 g/mol. The van der Waals surface area contributed by atoms with Crippen LogP contribution < -0.4 is 11.1 Å². The third-order valence-corrected chi connectivity index (χ3v) is 9.46. The highest BCUT2D eigenvalue weighted by molar-refractivity contribution is 6.24. The van der Waals surface area contributed by atoms with Crippen LogP contribution in [0.25, 0.3) is 5.76 Å². The monoisotopic (exact) mass is 561 g/mol. The van der Waals surface area contributed by atoms with Crippen molar-refractivity contribution in [2.24, 2.45) is 23.5 Å². The molecule has 2 unspecified atom stereocenters. The number of anilines is 1. The van der Waals surface area contributed by atoms with Crippen LogP contribution in [-0.4, -0.2) is 73.6 Å². The average Bonchev–Trinajstić information content (AvgIpc) is 2.93. The van der Waals surface area contributed by atoms with Gasteiger partial charge in [0.25, 0.3) is 0 Å². The Morgan fingerprint density at radius 1 is 1.05 bits per heavy atom. The molecule has 10 heteroatoms. The highest BCUT2D eigenvalue weighted by Gasteiger charge is 2.64. The van der Waals surface area contributed by atoms with Crippen LogP contribution in [0.5, 0.6) is 5.75 Å². The van der Waals surface area contributed by atoms with Gasteiger partial charge in [-0.2, -0.15) is 0 Å². The summed E-state index contributed by atoms with van der Waals surface area (Å²) >= 11 is 0. The SMILES string of the molecule is NC(=O)C1C(=O)[C@@]2(O)C(=O)C3=C(O)c4c(O)ccc(NC5CCN(Cc6ccccc6)CC5)c4C[C@H]3C[C@H]2CC1O. The van der Waals surface area contributed by atoms with E-state index in [0.717, 1.165) is 38.2 Å².